The fraction of sp³-hybridized carbons (Fsp3) is 0.200. The molecule has 144 valence electrons. The van der Waals surface area contributed by atoms with Gasteiger partial charge in [0.25, 0.3) is 5.91 Å². The van der Waals surface area contributed by atoms with Crippen molar-refractivity contribution in [3.05, 3.63) is 59.0 Å². The normalized spacial score (nSPS) is 10.4. The number of amides is 1. The summed E-state index contributed by atoms with van der Waals surface area (Å²) in [6, 6.07) is 14.3. The van der Waals surface area contributed by atoms with Crippen molar-refractivity contribution >= 4 is 29.1 Å². The van der Waals surface area contributed by atoms with Gasteiger partial charge < -0.3 is 14.8 Å². The number of aromatic nitrogens is 2. The number of nitrogens with zero attached hydrogens (tertiary/aromatic N) is 2. The summed E-state index contributed by atoms with van der Waals surface area (Å²) in [6.07, 6.45) is 0.197. The zero-order chi connectivity index (χ0) is 19.9. The monoisotopic (exact) mass is 397 g/mol. The summed E-state index contributed by atoms with van der Waals surface area (Å²) >= 11 is 1.03. The molecule has 0 saturated carbocycles. The number of carbonyl (C=O) groups excluding carboxylic acids is 2. The van der Waals surface area contributed by atoms with Crippen molar-refractivity contribution in [3.63, 3.8) is 0 Å². The fourth-order valence-electron chi connectivity index (χ4n) is 2.55. The number of hydrogen-bond donors (Lipinski definition) is 1. The highest BCUT2D eigenvalue weighted by molar-refractivity contribution is 7.08. The van der Waals surface area contributed by atoms with E-state index in [1.807, 2.05) is 12.1 Å². The third-order valence-corrected chi connectivity index (χ3v) is 4.65. The first-order valence-electron chi connectivity index (χ1n) is 8.63. The Balaban J connectivity index is 1.70. The molecule has 0 spiro atoms. The summed E-state index contributed by atoms with van der Waals surface area (Å²) in [6.45, 7) is 2.12. The number of carbonyl (C=O) groups is 2. The van der Waals surface area contributed by atoms with Crippen LogP contribution in [0, 0.1) is 0 Å². The minimum Gasteiger partial charge on any atom is -0.497 e. The Morgan fingerprint density at radius 2 is 1.79 bits per heavy atom. The number of methoxy groups -OCH3 is 1. The van der Waals surface area contributed by atoms with Gasteiger partial charge in [-0.3, -0.25) is 9.59 Å². The molecule has 1 amide bonds. The minimum atomic E-state index is -0.293. The smallest absolute Gasteiger partial charge is 0.310 e. The first-order valence-corrected chi connectivity index (χ1v) is 9.40. The van der Waals surface area contributed by atoms with Gasteiger partial charge in [-0.15, -0.1) is 5.10 Å². The molecule has 0 aliphatic heterocycles. The van der Waals surface area contributed by atoms with E-state index in [0.29, 0.717) is 22.9 Å². The van der Waals surface area contributed by atoms with Gasteiger partial charge in [-0.05, 0) is 60.4 Å². The van der Waals surface area contributed by atoms with Crippen LogP contribution in [-0.4, -0.2) is 35.2 Å². The van der Waals surface area contributed by atoms with Gasteiger partial charge in [-0.25, -0.2) is 0 Å². The van der Waals surface area contributed by atoms with Crippen molar-refractivity contribution in [3.8, 4) is 17.0 Å². The van der Waals surface area contributed by atoms with Gasteiger partial charge in [-0.2, -0.15) is 0 Å². The van der Waals surface area contributed by atoms with E-state index >= 15 is 0 Å². The number of benzene rings is 2. The molecule has 0 radical (unpaired) electrons. The SMILES string of the molecule is CCOC(=O)Cc1ccc(NC(=O)c2snnc2-c2ccc(OC)cc2)cc1. The molecule has 0 aliphatic carbocycles. The summed E-state index contributed by atoms with van der Waals surface area (Å²) in [7, 11) is 1.59. The largest absolute Gasteiger partial charge is 0.497 e. The molecule has 7 nitrogen and oxygen atoms in total. The highest BCUT2D eigenvalue weighted by atomic mass is 32.1. The fourth-order valence-corrected chi connectivity index (χ4v) is 3.13. The number of esters is 1. The molecular weight excluding hydrogens is 378 g/mol. The van der Waals surface area contributed by atoms with E-state index in [-0.39, 0.29) is 18.3 Å². The molecule has 3 rings (SSSR count). The third kappa shape index (κ3) is 4.72. The summed E-state index contributed by atoms with van der Waals surface area (Å²) in [5, 5.41) is 6.92. The van der Waals surface area contributed by atoms with Crippen LogP contribution in [0.2, 0.25) is 0 Å². The summed E-state index contributed by atoms with van der Waals surface area (Å²) in [5.41, 5.74) is 2.73. The molecule has 3 aromatic rings. The van der Waals surface area contributed by atoms with Crippen LogP contribution in [0.1, 0.15) is 22.2 Å². The van der Waals surface area contributed by atoms with Gasteiger partial charge in [0.15, 0.2) is 0 Å². The van der Waals surface area contributed by atoms with Gasteiger partial charge in [0.2, 0.25) is 0 Å². The Labute approximate surface area is 166 Å². The maximum atomic E-state index is 12.7. The second-order valence-corrected chi connectivity index (χ2v) is 6.57. The van der Waals surface area contributed by atoms with E-state index in [0.717, 1.165) is 28.4 Å². The maximum Gasteiger partial charge on any atom is 0.310 e. The molecular formula is C20H19N3O4S. The predicted molar refractivity (Wildman–Crippen MR) is 107 cm³/mol. The van der Waals surface area contributed by atoms with Crippen LogP contribution in [-0.2, 0) is 16.0 Å². The van der Waals surface area contributed by atoms with Gasteiger partial charge in [0.1, 0.15) is 16.3 Å². The Morgan fingerprint density at radius 1 is 1.07 bits per heavy atom. The quantitative estimate of drug-likeness (QED) is 0.613. The number of nitrogens with one attached hydrogen (secondary N) is 1. The lowest BCUT2D eigenvalue weighted by Gasteiger charge is -2.07. The molecule has 8 heteroatoms. The van der Waals surface area contributed by atoms with Gasteiger partial charge in [0.05, 0.1) is 20.1 Å². The Kier molecular flexibility index (Phi) is 6.33. The van der Waals surface area contributed by atoms with Gasteiger partial charge in [0, 0.05) is 11.3 Å². The lowest BCUT2D eigenvalue weighted by molar-refractivity contribution is -0.142. The summed E-state index contributed by atoms with van der Waals surface area (Å²) < 4.78 is 14.0. The molecule has 1 heterocycles. The maximum absolute atomic E-state index is 12.7. The molecule has 2 aromatic carbocycles. The highest BCUT2D eigenvalue weighted by Crippen LogP contribution is 2.26. The zero-order valence-electron chi connectivity index (χ0n) is 15.5. The average Bonchev–Trinajstić information content (AvgIpc) is 3.20. The Morgan fingerprint density at radius 3 is 2.43 bits per heavy atom. The van der Waals surface area contributed by atoms with Crippen molar-refractivity contribution < 1.29 is 19.1 Å². The van der Waals surface area contributed by atoms with Crippen molar-refractivity contribution in [2.24, 2.45) is 0 Å². The van der Waals surface area contributed by atoms with E-state index in [2.05, 4.69) is 14.9 Å². The van der Waals surface area contributed by atoms with Crippen LogP contribution in [0.15, 0.2) is 48.5 Å². The molecule has 1 aromatic heterocycles. The van der Waals surface area contributed by atoms with Crippen LogP contribution < -0.4 is 10.1 Å². The molecule has 0 atom stereocenters. The zero-order valence-corrected chi connectivity index (χ0v) is 16.3. The molecule has 1 N–H and O–H groups in total. The second-order valence-electron chi connectivity index (χ2n) is 5.81. The molecule has 0 unspecified atom stereocenters. The van der Waals surface area contributed by atoms with Crippen LogP contribution in [0.5, 0.6) is 5.75 Å². The average molecular weight is 397 g/mol. The highest BCUT2D eigenvalue weighted by Gasteiger charge is 2.18. The van der Waals surface area contributed by atoms with Crippen molar-refractivity contribution in [2.75, 3.05) is 19.0 Å². The van der Waals surface area contributed by atoms with Crippen LogP contribution >= 0.6 is 11.5 Å². The number of hydrogen-bond acceptors (Lipinski definition) is 7. The summed E-state index contributed by atoms with van der Waals surface area (Å²) in [5.74, 6) is 0.152. The molecule has 28 heavy (non-hydrogen) atoms. The first-order chi connectivity index (χ1) is 13.6. The topological polar surface area (TPSA) is 90.4 Å². The molecule has 0 fully saturated rings. The lowest BCUT2D eigenvalue weighted by Crippen LogP contribution is -2.12. The standard InChI is InChI=1S/C20H19N3O4S/c1-3-27-17(24)12-13-4-8-15(9-5-13)21-20(25)19-18(22-23-28-19)14-6-10-16(26-2)11-7-14/h4-11H,3,12H2,1-2H3,(H,21,25). The number of ether oxygens (including phenoxy) is 2. The van der Waals surface area contributed by atoms with E-state index in [4.69, 9.17) is 9.47 Å². The minimum absolute atomic E-state index is 0.197. The molecule has 0 saturated heterocycles. The number of anilines is 1. The van der Waals surface area contributed by atoms with Crippen molar-refractivity contribution in [1.29, 1.82) is 0 Å². The molecule has 0 aliphatic rings. The number of rotatable bonds is 7. The van der Waals surface area contributed by atoms with Crippen LogP contribution in [0.25, 0.3) is 11.3 Å². The van der Waals surface area contributed by atoms with Gasteiger partial charge >= 0.3 is 5.97 Å². The van der Waals surface area contributed by atoms with Crippen LogP contribution in [0.3, 0.4) is 0 Å². The lowest BCUT2D eigenvalue weighted by atomic mass is 10.1. The summed E-state index contributed by atoms with van der Waals surface area (Å²) in [4.78, 5) is 24.6. The van der Waals surface area contributed by atoms with E-state index < -0.39 is 0 Å². The third-order valence-electron chi connectivity index (χ3n) is 3.92. The second kappa shape index (κ2) is 9.09. The Bertz CT molecular complexity index is 952. The predicted octanol–water partition coefficient (Wildman–Crippen LogP) is 3.57. The first kappa shape index (κ1) is 19.5. The van der Waals surface area contributed by atoms with E-state index in [1.165, 1.54) is 0 Å². The molecule has 0 bridgehead atoms. The van der Waals surface area contributed by atoms with E-state index in [9.17, 15) is 9.59 Å². The van der Waals surface area contributed by atoms with E-state index in [1.54, 1.807) is 50.4 Å². The Hall–Kier alpha value is -3.26. The van der Waals surface area contributed by atoms with Gasteiger partial charge in [-0.1, -0.05) is 16.6 Å². The van der Waals surface area contributed by atoms with Crippen molar-refractivity contribution in [2.45, 2.75) is 13.3 Å². The van der Waals surface area contributed by atoms with Crippen LogP contribution in [0.4, 0.5) is 5.69 Å². The van der Waals surface area contributed by atoms with Crippen molar-refractivity contribution in [1.82, 2.24) is 9.59 Å².